The summed E-state index contributed by atoms with van der Waals surface area (Å²) in [5, 5.41) is 10.5. The predicted molar refractivity (Wildman–Crippen MR) is 116 cm³/mol. The fourth-order valence-corrected chi connectivity index (χ4v) is 3.84. The van der Waals surface area contributed by atoms with E-state index >= 15 is 0 Å². The van der Waals surface area contributed by atoms with Gasteiger partial charge in [-0.15, -0.1) is 11.3 Å². The normalized spacial score (nSPS) is 10.9. The van der Waals surface area contributed by atoms with Crippen molar-refractivity contribution in [3.63, 3.8) is 0 Å². The first kappa shape index (κ1) is 18.5. The van der Waals surface area contributed by atoms with Crippen molar-refractivity contribution in [2.45, 2.75) is 6.42 Å². The van der Waals surface area contributed by atoms with E-state index < -0.39 is 0 Å². The van der Waals surface area contributed by atoms with E-state index in [0.29, 0.717) is 10.8 Å². The fraction of sp³-hybridized carbons (Fsp3) is 0.150. The molecule has 142 valence electrons. The van der Waals surface area contributed by atoms with Gasteiger partial charge < -0.3 is 10.6 Å². The molecule has 8 heteroatoms. The molecule has 0 unspecified atom stereocenters. The number of benzene rings is 2. The van der Waals surface area contributed by atoms with Gasteiger partial charge in [-0.3, -0.25) is 4.57 Å². The van der Waals surface area contributed by atoms with Gasteiger partial charge in [0.1, 0.15) is 5.82 Å². The van der Waals surface area contributed by atoms with Crippen LogP contribution < -0.4 is 16.3 Å². The number of nitrogens with one attached hydrogen (secondary N) is 2. The Hall–Kier alpha value is -2.90. The SMILES string of the molecule is CNc1nc(=O)n(-c2cccc(CCNc3nccs3)c2)c2cc(Cl)ccc12. The summed E-state index contributed by atoms with van der Waals surface area (Å²) in [7, 11) is 1.75. The third-order valence-electron chi connectivity index (χ3n) is 4.38. The van der Waals surface area contributed by atoms with Crippen molar-refractivity contribution in [2.75, 3.05) is 24.2 Å². The average Bonchev–Trinajstić information content (AvgIpc) is 3.21. The van der Waals surface area contributed by atoms with E-state index in [-0.39, 0.29) is 5.69 Å². The summed E-state index contributed by atoms with van der Waals surface area (Å²) in [4.78, 5) is 21.2. The maximum absolute atomic E-state index is 12.8. The van der Waals surface area contributed by atoms with Crippen LogP contribution in [0.15, 0.2) is 58.8 Å². The van der Waals surface area contributed by atoms with Crippen molar-refractivity contribution in [2.24, 2.45) is 0 Å². The molecule has 4 aromatic rings. The Bertz CT molecular complexity index is 1170. The van der Waals surface area contributed by atoms with Gasteiger partial charge in [0.2, 0.25) is 0 Å². The molecule has 0 fully saturated rings. The molecule has 6 nitrogen and oxygen atoms in total. The summed E-state index contributed by atoms with van der Waals surface area (Å²) in [6.45, 7) is 0.759. The van der Waals surface area contributed by atoms with E-state index in [1.54, 1.807) is 41.3 Å². The second kappa shape index (κ2) is 8.00. The van der Waals surface area contributed by atoms with Crippen LogP contribution in [-0.2, 0) is 6.42 Å². The van der Waals surface area contributed by atoms with Gasteiger partial charge in [-0.25, -0.2) is 9.78 Å². The Kier molecular flexibility index (Phi) is 5.27. The van der Waals surface area contributed by atoms with Crippen LogP contribution in [0, 0.1) is 0 Å². The molecule has 0 spiro atoms. The molecule has 0 atom stereocenters. The van der Waals surface area contributed by atoms with Gasteiger partial charge in [-0.05, 0) is 42.3 Å². The minimum absolute atomic E-state index is 0.350. The third-order valence-corrected chi connectivity index (χ3v) is 5.35. The standard InChI is InChI=1S/C20H18ClN5OS/c1-22-18-16-6-5-14(21)12-17(16)26(20(27)25-18)15-4-2-3-13(11-15)7-8-23-19-24-9-10-28-19/h2-6,9-12H,7-8H2,1H3,(H,23,24)(H,22,25,27). The molecule has 0 aliphatic rings. The second-order valence-electron chi connectivity index (χ2n) is 6.17. The van der Waals surface area contributed by atoms with Crippen molar-refractivity contribution in [1.29, 1.82) is 0 Å². The first-order chi connectivity index (χ1) is 13.7. The van der Waals surface area contributed by atoms with Crippen LogP contribution in [0.3, 0.4) is 0 Å². The van der Waals surface area contributed by atoms with E-state index in [4.69, 9.17) is 11.6 Å². The van der Waals surface area contributed by atoms with Crippen LogP contribution in [0.2, 0.25) is 5.02 Å². The lowest BCUT2D eigenvalue weighted by atomic mass is 10.1. The molecule has 2 N–H and O–H groups in total. The van der Waals surface area contributed by atoms with Crippen molar-refractivity contribution < 1.29 is 0 Å². The van der Waals surface area contributed by atoms with E-state index in [0.717, 1.165) is 40.3 Å². The monoisotopic (exact) mass is 411 g/mol. The summed E-state index contributed by atoms with van der Waals surface area (Å²) >= 11 is 7.78. The van der Waals surface area contributed by atoms with Crippen molar-refractivity contribution in [3.8, 4) is 5.69 Å². The topological polar surface area (TPSA) is 71.8 Å². The number of hydrogen-bond acceptors (Lipinski definition) is 6. The zero-order chi connectivity index (χ0) is 19.5. The first-order valence-corrected chi connectivity index (χ1v) is 10.0. The first-order valence-electron chi connectivity index (χ1n) is 8.78. The minimum atomic E-state index is -0.350. The molecule has 0 aliphatic heterocycles. The Morgan fingerprint density at radius 2 is 2.11 bits per heavy atom. The number of hydrogen-bond donors (Lipinski definition) is 2. The van der Waals surface area contributed by atoms with Crippen molar-refractivity contribution >= 4 is 44.8 Å². The van der Waals surface area contributed by atoms with E-state index in [1.165, 1.54) is 0 Å². The molecule has 2 aromatic heterocycles. The summed E-state index contributed by atoms with van der Waals surface area (Å²) in [5.74, 6) is 0.539. The summed E-state index contributed by atoms with van der Waals surface area (Å²) in [6.07, 6.45) is 2.58. The summed E-state index contributed by atoms with van der Waals surface area (Å²) in [6, 6.07) is 13.4. The Morgan fingerprint density at radius 3 is 2.89 bits per heavy atom. The van der Waals surface area contributed by atoms with Gasteiger partial charge in [-0.2, -0.15) is 4.98 Å². The Balaban J connectivity index is 1.71. The molecule has 28 heavy (non-hydrogen) atoms. The van der Waals surface area contributed by atoms with Crippen molar-refractivity contribution in [1.82, 2.24) is 14.5 Å². The molecule has 0 aliphatic carbocycles. The molecule has 0 saturated heterocycles. The Labute approximate surface area is 170 Å². The molecule has 0 amide bonds. The van der Waals surface area contributed by atoms with E-state index in [9.17, 15) is 4.79 Å². The highest BCUT2D eigenvalue weighted by Crippen LogP contribution is 2.25. The number of halogens is 1. The van der Waals surface area contributed by atoms with Gasteiger partial charge in [-0.1, -0.05) is 23.7 Å². The highest BCUT2D eigenvalue weighted by atomic mass is 35.5. The molecule has 0 saturated carbocycles. The molecule has 2 heterocycles. The molecule has 2 aromatic carbocycles. The summed E-state index contributed by atoms with van der Waals surface area (Å²) in [5.41, 5.74) is 2.24. The van der Waals surface area contributed by atoms with Crippen LogP contribution in [-0.4, -0.2) is 28.1 Å². The van der Waals surface area contributed by atoms with Crippen LogP contribution in [0.5, 0.6) is 0 Å². The van der Waals surface area contributed by atoms with Crippen molar-refractivity contribution in [3.05, 3.63) is 75.1 Å². The van der Waals surface area contributed by atoms with E-state index in [1.807, 2.05) is 35.7 Å². The van der Waals surface area contributed by atoms with Gasteiger partial charge in [0.15, 0.2) is 5.13 Å². The van der Waals surface area contributed by atoms with Crippen LogP contribution in [0.25, 0.3) is 16.6 Å². The fourth-order valence-electron chi connectivity index (χ4n) is 3.11. The maximum Gasteiger partial charge on any atom is 0.354 e. The number of rotatable bonds is 6. The summed E-state index contributed by atoms with van der Waals surface area (Å²) < 4.78 is 1.60. The van der Waals surface area contributed by atoms with Gasteiger partial charge in [0.05, 0.1) is 11.2 Å². The number of nitrogens with zero attached hydrogens (tertiary/aromatic N) is 3. The molecular formula is C20H18ClN5OS. The molecule has 4 rings (SSSR count). The number of aromatic nitrogens is 3. The van der Waals surface area contributed by atoms with Crippen LogP contribution in [0.4, 0.5) is 10.9 Å². The molecular weight excluding hydrogens is 394 g/mol. The lowest BCUT2D eigenvalue weighted by molar-refractivity contribution is 0.950. The Morgan fingerprint density at radius 1 is 1.21 bits per heavy atom. The van der Waals surface area contributed by atoms with Crippen LogP contribution in [0.1, 0.15) is 5.56 Å². The zero-order valence-corrected chi connectivity index (χ0v) is 16.7. The number of anilines is 2. The highest BCUT2D eigenvalue weighted by Gasteiger charge is 2.12. The average molecular weight is 412 g/mol. The molecule has 0 radical (unpaired) electrons. The van der Waals surface area contributed by atoms with Gasteiger partial charge >= 0.3 is 5.69 Å². The lowest BCUT2D eigenvalue weighted by Crippen LogP contribution is -2.23. The molecule has 0 bridgehead atoms. The zero-order valence-electron chi connectivity index (χ0n) is 15.1. The lowest BCUT2D eigenvalue weighted by Gasteiger charge is -2.14. The number of fused-ring (bicyclic) bond motifs is 1. The maximum atomic E-state index is 12.8. The van der Waals surface area contributed by atoms with E-state index in [2.05, 4.69) is 20.6 Å². The second-order valence-corrected chi connectivity index (χ2v) is 7.50. The largest absolute Gasteiger partial charge is 0.372 e. The quantitative estimate of drug-likeness (QED) is 0.497. The third kappa shape index (κ3) is 3.72. The van der Waals surface area contributed by atoms with Gasteiger partial charge in [0, 0.05) is 35.6 Å². The minimum Gasteiger partial charge on any atom is -0.372 e. The van der Waals surface area contributed by atoms with Crippen LogP contribution >= 0.6 is 22.9 Å². The predicted octanol–water partition coefficient (Wildman–Crippen LogP) is 4.19. The smallest absolute Gasteiger partial charge is 0.354 e. The number of thiazole rings is 1. The highest BCUT2D eigenvalue weighted by molar-refractivity contribution is 7.13. The van der Waals surface area contributed by atoms with Gasteiger partial charge in [0.25, 0.3) is 0 Å².